The number of carbonyl (C=O) groups is 1. The van der Waals surface area contributed by atoms with Crippen LogP contribution in [0.15, 0.2) is 57.5 Å². The van der Waals surface area contributed by atoms with E-state index in [0.717, 1.165) is 31.3 Å². The summed E-state index contributed by atoms with van der Waals surface area (Å²) in [6.07, 6.45) is 7.83. The molecule has 2 fully saturated rings. The van der Waals surface area contributed by atoms with Gasteiger partial charge in [0, 0.05) is 43.5 Å². The topological polar surface area (TPSA) is 92.8 Å². The molecule has 2 unspecified atom stereocenters. The van der Waals surface area contributed by atoms with E-state index in [1.54, 1.807) is 13.0 Å². The molecule has 216 valence electrons. The highest BCUT2D eigenvalue weighted by Crippen LogP contribution is 2.37. The molecule has 2 aromatic rings. The monoisotopic (exact) mass is 566 g/mol. The molecule has 0 bridgehead atoms. The summed E-state index contributed by atoms with van der Waals surface area (Å²) in [4.78, 5) is 38.1. The second-order valence-electron chi connectivity index (χ2n) is 11.5. The lowest BCUT2D eigenvalue weighted by Crippen LogP contribution is -2.43. The summed E-state index contributed by atoms with van der Waals surface area (Å²) in [5.41, 5.74) is 1.06. The molecule has 3 N–H and O–H groups in total. The van der Waals surface area contributed by atoms with E-state index in [0.29, 0.717) is 36.3 Å². The zero-order valence-electron chi connectivity index (χ0n) is 23.1. The first-order valence-electron chi connectivity index (χ1n) is 14.1. The smallest absolute Gasteiger partial charge is 0.261 e. The van der Waals surface area contributed by atoms with Crippen LogP contribution < -0.4 is 16.2 Å². The molecule has 6 rings (SSSR count). The number of pyridine rings is 1. The number of hydrogen-bond acceptors (Lipinski definition) is 6. The van der Waals surface area contributed by atoms with Crippen molar-refractivity contribution in [2.45, 2.75) is 50.7 Å². The number of aliphatic imine (C=N–C) groups is 1. The van der Waals surface area contributed by atoms with Gasteiger partial charge in [-0.2, -0.15) is 0 Å². The van der Waals surface area contributed by atoms with Gasteiger partial charge in [-0.05, 0) is 75.5 Å². The van der Waals surface area contributed by atoms with Crippen LogP contribution in [-0.2, 0) is 11.2 Å². The third-order valence-electron chi connectivity index (χ3n) is 8.38. The fourth-order valence-corrected chi connectivity index (χ4v) is 6.24. The Morgan fingerprint density at radius 2 is 1.95 bits per heavy atom. The van der Waals surface area contributed by atoms with Crippen molar-refractivity contribution in [2.24, 2.45) is 4.99 Å². The highest BCUT2D eigenvalue weighted by molar-refractivity contribution is 6.06. The number of fused-ring (bicyclic) bond motifs is 2. The van der Waals surface area contributed by atoms with Crippen LogP contribution in [0.4, 0.5) is 18.9 Å². The van der Waals surface area contributed by atoms with Crippen LogP contribution in [0.25, 0.3) is 0 Å². The molecule has 3 atom stereocenters. The summed E-state index contributed by atoms with van der Waals surface area (Å²) in [5.74, 6) is -2.83. The van der Waals surface area contributed by atoms with E-state index in [-0.39, 0.29) is 35.1 Å². The van der Waals surface area contributed by atoms with Gasteiger partial charge in [-0.25, -0.2) is 13.2 Å². The van der Waals surface area contributed by atoms with E-state index in [1.807, 2.05) is 24.0 Å². The van der Waals surface area contributed by atoms with Crippen molar-refractivity contribution in [3.8, 4) is 0 Å². The summed E-state index contributed by atoms with van der Waals surface area (Å²) in [5, 5.41) is 6.55. The predicted octanol–water partition coefficient (Wildman–Crippen LogP) is 3.12. The van der Waals surface area contributed by atoms with Gasteiger partial charge in [-0.3, -0.25) is 14.6 Å². The molecule has 1 aromatic carbocycles. The van der Waals surface area contributed by atoms with E-state index < -0.39 is 29.0 Å². The van der Waals surface area contributed by atoms with Crippen LogP contribution in [0.3, 0.4) is 0 Å². The van der Waals surface area contributed by atoms with Gasteiger partial charge in [-0.1, -0.05) is 6.08 Å². The number of benzene rings is 1. The number of halogens is 3. The van der Waals surface area contributed by atoms with Crippen LogP contribution in [0.1, 0.15) is 37.8 Å². The second kappa shape index (κ2) is 10.5. The van der Waals surface area contributed by atoms with Crippen molar-refractivity contribution in [1.29, 1.82) is 0 Å². The molecule has 4 heterocycles. The van der Waals surface area contributed by atoms with Crippen LogP contribution in [0.2, 0.25) is 0 Å². The molecule has 11 heteroatoms. The number of carbonyl (C=O) groups excluding carboxylic acids is 1. The number of aromatic amines is 1. The first kappa shape index (κ1) is 27.3. The lowest BCUT2D eigenvalue weighted by Gasteiger charge is -2.27. The summed E-state index contributed by atoms with van der Waals surface area (Å²) in [6.45, 7) is 7.94. The highest BCUT2D eigenvalue weighted by atomic mass is 19.2. The number of hydrogen-bond donors (Lipinski definition) is 3. The molecule has 1 aromatic heterocycles. The molecular formula is C30H33F3N6O2. The quantitative estimate of drug-likeness (QED) is 0.427. The zero-order valence-corrected chi connectivity index (χ0v) is 23.1. The molecule has 0 saturated carbocycles. The second-order valence-corrected chi connectivity index (χ2v) is 11.5. The van der Waals surface area contributed by atoms with Crippen LogP contribution in [-0.4, -0.2) is 76.9 Å². The van der Waals surface area contributed by atoms with Crippen molar-refractivity contribution in [3.05, 3.63) is 86.6 Å². The summed E-state index contributed by atoms with van der Waals surface area (Å²) in [7, 11) is 0. The predicted molar refractivity (Wildman–Crippen MR) is 150 cm³/mol. The van der Waals surface area contributed by atoms with Gasteiger partial charge in [0.1, 0.15) is 22.8 Å². The van der Waals surface area contributed by atoms with Gasteiger partial charge in [0.25, 0.3) is 11.5 Å². The Hall–Kier alpha value is -3.86. The minimum atomic E-state index is -1.24. The number of amidine groups is 1. The van der Waals surface area contributed by atoms with Crippen molar-refractivity contribution in [2.75, 3.05) is 38.0 Å². The average molecular weight is 567 g/mol. The molecule has 3 aliphatic heterocycles. The molecule has 0 spiro atoms. The number of aromatic nitrogens is 1. The SMILES string of the molecule is C[C@@H](Cc1cc(F)cc(F)c1F)Nc1cc[nH]c(=O)c1C1=NC2(C)C=C3C(=O)N(CCN4CCCC4)CC3=CC2N1. The Labute approximate surface area is 236 Å². The number of nitrogens with one attached hydrogen (secondary N) is 3. The van der Waals surface area contributed by atoms with E-state index in [2.05, 4.69) is 20.5 Å². The van der Waals surface area contributed by atoms with Crippen LogP contribution >= 0.6 is 0 Å². The molecule has 41 heavy (non-hydrogen) atoms. The average Bonchev–Trinajstić information content (AvgIpc) is 3.62. The van der Waals surface area contributed by atoms with E-state index >= 15 is 0 Å². The molecule has 1 amide bonds. The van der Waals surface area contributed by atoms with Gasteiger partial charge in [0.05, 0.1) is 11.7 Å². The number of likely N-dealkylation sites (tertiary alicyclic amines) is 2. The Bertz CT molecular complexity index is 1540. The first-order valence-corrected chi connectivity index (χ1v) is 14.1. The molecule has 4 aliphatic rings. The third kappa shape index (κ3) is 5.18. The Balaban J connectivity index is 1.22. The highest BCUT2D eigenvalue weighted by Gasteiger charge is 2.45. The Kier molecular flexibility index (Phi) is 7.01. The van der Waals surface area contributed by atoms with Gasteiger partial charge in [0.2, 0.25) is 0 Å². The summed E-state index contributed by atoms with van der Waals surface area (Å²) < 4.78 is 41.7. The normalized spacial score (nSPS) is 24.4. The Morgan fingerprint density at radius 3 is 2.73 bits per heavy atom. The lowest BCUT2D eigenvalue weighted by molar-refractivity contribution is -0.125. The lowest BCUT2D eigenvalue weighted by atomic mass is 9.84. The van der Waals surface area contributed by atoms with Crippen molar-refractivity contribution in [3.63, 3.8) is 0 Å². The fraction of sp³-hybridized carbons (Fsp3) is 0.433. The van der Waals surface area contributed by atoms with E-state index in [4.69, 9.17) is 4.99 Å². The molecular weight excluding hydrogens is 533 g/mol. The number of anilines is 1. The Morgan fingerprint density at radius 1 is 1.17 bits per heavy atom. The molecule has 1 aliphatic carbocycles. The summed E-state index contributed by atoms with van der Waals surface area (Å²) in [6, 6.07) is 2.41. The molecule has 0 radical (unpaired) electrons. The van der Waals surface area contributed by atoms with E-state index in [9.17, 15) is 22.8 Å². The van der Waals surface area contributed by atoms with Gasteiger partial charge in [0.15, 0.2) is 11.6 Å². The van der Waals surface area contributed by atoms with Crippen LogP contribution in [0, 0.1) is 17.5 Å². The number of nitrogens with zero attached hydrogens (tertiary/aromatic N) is 3. The van der Waals surface area contributed by atoms with Crippen molar-refractivity contribution in [1.82, 2.24) is 20.1 Å². The summed E-state index contributed by atoms with van der Waals surface area (Å²) >= 11 is 0. The minimum Gasteiger partial charge on any atom is -0.381 e. The standard InChI is InChI=1S/C30H33F3N6O2/c1-17(11-18-12-20(31)14-22(32)26(18)33)35-23-5-6-34-28(40)25(23)27-36-24-13-19-16-39(10-9-38-7-3-4-8-38)29(41)21(19)15-30(24,2)37-27/h5-6,12-15,17,24H,3-4,7-11,16H2,1-2H3,(H,36,37)(H2,34,35,40)/t17-,24?,30?/m0/s1. The van der Waals surface area contributed by atoms with Crippen molar-refractivity contribution >= 4 is 17.4 Å². The van der Waals surface area contributed by atoms with Crippen LogP contribution in [0.5, 0.6) is 0 Å². The molecule has 8 nitrogen and oxygen atoms in total. The maximum absolute atomic E-state index is 14.3. The van der Waals surface area contributed by atoms with Crippen molar-refractivity contribution < 1.29 is 18.0 Å². The van der Waals surface area contributed by atoms with Gasteiger partial charge in [-0.15, -0.1) is 0 Å². The third-order valence-corrected chi connectivity index (χ3v) is 8.38. The van der Waals surface area contributed by atoms with Gasteiger partial charge >= 0.3 is 0 Å². The largest absolute Gasteiger partial charge is 0.381 e. The first-order chi connectivity index (χ1) is 19.6. The fourth-order valence-electron chi connectivity index (χ4n) is 6.24. The zero-order chi connectivity index (χ0) is 28.9. The maximum atomic E-state index is 14.3. The minimum absolute atomic E-state index is 0.00790. The number of H-pyrrole nitrogens is 1. The molecule has 2 saturated heterocycles. The number of amides is 1. The number of rotatable bonds is 8. The van der Waals surface area contributed by atoms with E-state index in [1.165, 1.54) is 19.0 Å². The maximum Gasteiger partial charge on any atom is 0.261 e. The van der Waals surface area contributed by atoms with Gasteiger partial charge < -0.3 is 25.4 Å².